The molecule has 8 nitrogen and oxygen atoms in total. The van der Waals surface area contributed by atoms with Gasteiger partial charge in [-0.3, -0.25) is 14.4 Å². The van der Waals surface area contributed by atoms with Crippen LogP contribution in [0.3, 0.4) is 0 Å². The lowest BCUT2D eigenvalue weighted by atomic mass is 9.90. The average Bonchev–Trinajstić information content (AvgIpc) is 2.78. The lowest BCUT2D eigenvalue weighted by Gasteiger charge is -2.19. The minimum Gasteiger partial charge on any atom is -0.495 e. The van der Waals surface area contributed by atoms with Crippen molar-refractivity contribution in [3.05, 3.63) is 53.6 Å². The molecular formula is C23H26N4O4. The standard InChI is InChI=1S/C23H26N4O4/c1-15(14-21(28)24-18-12-7-9-16-8-3-4-10-17(16)18)26-27-23(30)22(29)25-19-11-5-6-13-20(19)31-2/h5-7,9,11-13H,3-4,8,10,14H2,1-2H3,(H,24,28)(H,25,29)(H,27,30). The Morgan fingerprint density at radius 2 is 1.68 bits per heavy atom. The summed E-state index contributed by atoms with van der Waals surface area (Å²) in [5, 5.41) is 9.26. The molecule has 0 radical (unpaired) electrons. The highest BCUT2D eigenvalue weighted by Gasteiger charge is 2.17. The number of anilines is 2. The maximum Gasteiger partial charge on any atom is 0.329 e. The maximum absolute atomic E-state index is 12.4. The van der Waals surface area contributed by atoms with Crippen LogP contribution >= 0.6 is 0 Å². The fourth-order valence-corrected chi connectivity index (χ4v) is 3.49. The number of ether oxygens (including phenoxy) is 1. The third-order valence-corrected chi connectivity index (χ3v) is 5.00. The summed E-state index contributed by atoms with van der Waals surface area (Å²) in [6.07, 6.45) is 4.26. The molecule has 0 atom stereocenters. The Morgan fingerprint density at radius 3 is 2.48 bits per heavy atom. The van der Waals surface area contributed by atoms with Gasteiger partial charge in [-0.2, -0.15) is 5.10 Å². The first-order chi connectivity index (χ1) is 15.0. The molecule has 0 heterocycles. The first kappa shape index (κ1) is 22.0. The van der Waals surface area contributed by atoms with E-state index in [-0.39, 0.29) is 12.3 Å². The Hall–Kier alpha value is -3.68. The van der Waals surface area contributed by atoms with E-state index in [1.54, 1.807) is 31.2 Å². The zero-order valence-corrected chi connectivity index (χ0v) is 17.7. The number of hydrogen-bond donors (Lipinski definition) is 3. The van der Waals surface area contributed by atoms with Crippen LogP contribution in [0.25, 0.3) is 0 Å². The van der Waals surface area contributed by atoms with E-state index in [9.17, 15) is 14.4 Å². The van der Waals surface area contributed by atoms with Crippen LogP contribution in [0.2, 0.25) is 0 Å². The normalized spacial score (nSPS) is 13.0. The molecule has 0 aliphatic heterocycles. The third kappa shape index (κ3) is 5.91. The highest BCUT2D eigenvalue weighted by atomic mass is 16.5. The number of nitrogens with zero attached hydrogens (tertiary/aromatic N) is 1. The van der Waals surface area contributed by atoms with Gasteiger partial charge in [0.05, 0.1) is 19.2 Å². The number of carbonyl (C=O) groups is 3. The topological polar surface area (TPSA) is 109 Å². The summed E-state index contributed by atoms with van der Waals surface area (Å²) in [5.74, 6) is -1.62. The average molecular weight is 422 g/mol. The van der Waals surface area contributed by atoms with E-state index < -0.39 is 11.8 Å². The lowest BCUT2D eigenvalue weighted by Crippen LogP contribution is -2.33. The molecule has 1 aliphatic carbocycles. The maximum atomic E-state index is 12.4. The van der Waals surface area contributed by atoms with Crippen LogP contribution in [0.15, 0.2) is 47.6 Å². The predicted octanol–water partition coefficient (Wildman–Crippen LogP) is 3.03. The predicted molar refractivity (Wildman–Crippen MR) is 119 cm³/mol. The summed E-state index contributed by atoms with van der Waals surface area (Å²) in [7, 11) is 1.47. The van der Waals surface area contributed by atoms with Gasteiger partial charge in [-0.05, 0) is 61.9 Å². The van der Waals surface area contributed by atoms with Crippen molar-refractivity contribution in [3.63, 3.8) is 0 Å². The molecule has 2 aromatic rings. The van der Waals surface area contributed by atoms with Crippen LogP contribution in [0.1, 0.15) is 37.3 Å². The number of fused-ring (bicyclic) bond motifs is 1. The highest BCUT2D eigenvalue weighted by Crippen LogP contribution is 2.28. The van der Waals surface area contributed by atoms with E-state index in [1.807, 2.05) is 12.1 Å². The molecule has 0 spiro atoms. The third-order valence-electron chi connectivity index (χ3n) is 5.00. The Labute approximate surface area is 181 Å². The van der Waals surface area contributed by atoms with Crippen LogP contribution in [0, 0.1) is 0 Å². The van der Waals surface area contributed by atoms with Gasteiger partial charge in [-0.25, -0.2) is 5.43 Å². The van der Waals surface area contributed by atoms with Crippen molar-refractivity contribution in [1.82, 2.24) is 5.43 Å². The number of benzene rings is 2. The van der Waals surface area contributed by atoms with Crippen molar-refractivity contribution >= 4 is 34.8 Å². The number of nitrogens with one attached hydrogen (secondary N) is 3. The number of para-hydroxylation sites is 2. The van der Waals surface area contributed by atoms with Gasteiger partial charge in [0.1, 0.15) is 5.75 Å². The molecule has 3 amide bonds. The minimum absolute atomic E-state index is 0.00191. The van der Waals surface area contributed by atoms with Gasteiger partial charge in [0, 0.05) is 11.4 Å². The second-order valence-electron chi connectivity index (χ2n) is 7.32. The zero-order valence-electron chi connectivity index (χ0n) is 17.7. The second-order valence-corrected chi connectivity index (χ2v) is 7.32. The molecule has 2 aromatic carbocycles. The second kappa shape index (κ2) is 10.4. The molecule has 0 unspecified atom stereocenters. The van der Waals surface area contributed by atoms with Gasteiger partial charge in [0.15, 0.2) is 0 Å². The summed E-state index contributed by atoms with van der Waals surface area (Å²) < 4.78 is 5.13. The van der Waals surface area contributed by atoms with Gasteiger partial charge in [-0.1, -0.05) is 24.3 Å². The monoisotopic (exact) mass is 422 g/mol. The van der Waals surface area contributed by atoms with Crippen molar-refractivity contribution < 1.29 is 19.1 Å². The molecule has 3 N–H and O–H groups in total. The van der Waals surface area contributed by atoms with Crippen molar-refractivity contribution in [2.75, 3.05) is 17.7 Å². The number of amides is 3. The van der Waals surface area contributed by atoms with Crippen molar-refractivity contribution in [2.45, 2.75) is 39.0 Å². The van der Waals surface area contributed by atoms with Crippen molar-refractivity contribution in [1.29, 1.82) is 0 Å². The highest BCUT2D eigenvalue weighted by molar-refractivity contribution is 6.39. The van der Waals surface area contributed by atoms with Gasteiger partial charge in [0.25, 0.3) is 0 Å². The lowest BCUT2D eigenvalue weighted by molar-refractivity contribution is -0.136. The molecule has 0 aromatic heterocycles. The first-order valence-corrected chi connectivity index (χ1v) is 10.2. The molecular weight excluding hydrogens is 396 g/mol. The number of rotatable bonds is 6. The molecule has 3 rings (SSSR count). The minimum atomic E-state index is -0.942. The molecule has 31 heavy (non-hydrogen) atoms. The van der Waals surface area contributed by atoms with E-state index in [4.69, 9.17) is 4.74 Å². The summed E-state index contributed by atoms with van der Waals surface area (Å²) in [4.78, 5) is 36.5. The Morgan fingerprint density at radius 1 is 0.935 bits per heavy atom. The number of hydrazone groups is 1. The van der Waals surface area contributed by atoms with Gasteiger partial charge in [-0.15, -0.1) is 0 Å². The summed E-state index contributed by atoms with van der Waals surface area (Å²) in [5.41, 5.74) is 6.22. The number of hydrogen-bond acceptors (Lipinski definition) is 5. The molecule has 0 saturated carbocycles. The van der Waals surface area contributed by atoms with Crippen LogP contribution in [0.4, 0.5) is 11.4 Å². The Kier molecular flexibility index (Phi) is 7.37. The van der Waals surface area contributed by atoms with E-state index in [1.165, 1.54) is 24.7 Å². The fraction of sp³-hybridized carbons (Fsp3) is 0.304. The number of methoxy groups -OCH3 is 1. The van der Waals surface area contributed by atoms with Crippen LogP contribution < -0.4 is 20.8 Å². The largest absolute Gasteiger partial charge is 0.495 e. The zero-order chi connectivity index (χ0) is 22.2. The van der Waals surface area contributed by atoms with Crippen LogP contribution in [0.5, 0.6) is 5.75 Å². The van der Waals surface area contributed by atoms with Gasteiger partial charge in [0.2, 0.25) is 5.91 Å². The van der Waals surface area contributed by atoms with E-state index in [0.717, 1.165) is 24.9 Å². The summed E-state index contributed by atoms with van der Waals surface area (Å²) in [6, 6.07) is 12.7. The fourth-order valence-electron chi connectivity index (χ4n) is 3.49. The van der Waals surface area contributed by atoms with Crippen molar-refractivity contribution in [3.8, 4) is 5.75 Å². The quantitative estimate of drug-likeness (QED) is 0.378. The molecule has 0 saturated heterocycles. The van der Waals surface area contributed by atoms with E-state index >= 15 is 0 Å². The molecule has 0 fully saturated rings. The van der Waals surface area contributed by atoms with Crippen LogP contribution in [-0.2, 0) is 27.2 Å². The first-order valence-electron chi connectivity index (χ1n) is 10.2. The molecule has 1 aliphatic rings. The van der Waals surface area contributed by atoms with Gasteiger partial charge >= 0.3 is 11.8 Å². The van der Waals surface area contributed by atoms with E-state index in [0.29, 0.717) is 17.1 Å². The Balaban J connectivity index is 1.53. The molecule has 8 heteroatoms. The summed E-state index contributed by atoms with van der Waals surface area (Å²) >= 11 is 0. The van der Waals surface area contributed by atoms with Crippen molar-refractivity contribution in [2.24, 2.45) is 5.10 Å². The molecule has 162 valence electrons. The smallest absolute Gasteiger partial charge is 0.329 e. The number of aryl methyl sites for hydroxylation is 1. The number of carbonyl (C=O) groups excluding carboxylic acids is 3. The SMILES string of the molecule is COc1ccccc1NC(=O)C(=O)NN=C(C)CC(=O)Nc1cccc2c1CCCC2. The molecule has 0 bridgehead atoms. The summed E-state index contributed by atoms with van der Waals surface area (Å²) in [6.45, 7) is 1.61. The van der Waals surface area contributed by atoms with Crippen LogP contribution in [-0.4, -0.2) is 30.5 Å². The Bertz CT molecular complexity index is 1020. The van der Waals surface area contributed by atoms with Gasteiger partial charge < -0.3 is 15.4 Å². The van der Waals surface area contributed by atoms with E-state index in [2.05, 4.69) is 27.2 Å².